The molecule has 1 aromatic heterocycles. The number of nitrogens with zero attached hydrogens (tertiary/aromatic N) is 1. The maximum Gasteiger partial charge on any atom is 0.257 e. The fraction of sp³-hybridized carbons (Fsp3) is 0.273. The van der Waals surface area contributed by atoms with Crippen LogP contribution in [0.4, 0.5) is 0 Å². The molecule has 3 aromatic rings. The number of ether oxygens (including phenoxy) is 1. The third-order valence-corrected chi connectivity index (χ3v) is 5.86. The molecule has 0 saturated heterocycles. The Morgan fingerprint density at radius 3 is 2.54 bits per heavy atom. The van der Waals surface area contributed by atoms with Crippen molar-refractivity contribution >= 4 is 34.4 Å². The summed E-state index contributed by atoms with van der Waals surface area (Å²) in [4.78, 5) is 24.5. The van der Waals surface area contributed by atoms with Gasteiger partial charge in [-0.15, -0.1) is 11.8 Å². The Morgan fingerprint density at radius 2 is 1.82 bits per heavy atom. The van der Waals surface area contributed by atoms with Gasteiger partial charge in [0, 0.05) is 46.4 Å². The predicted molar refractivity (Wildman–Crippen MR) is 113 cm³/mol. The van der Waals surface area contributed by atoms with Gasteiger partial charge in [-0.1, -0.05) is 18.2 Å². The molecule has 0 spiro atoms. The summed E-state index contributed by atoms with van der Waals surface area (Å²) in [6.07, 6.45) is 0. The largest absolute Gasteiger partial charge is 0.484 e. The molecule has 1 amide bonds. The van der Waals surface area contributed by atoms with Gasteiger partial charge in [0.2, 0.25) is 0 Å². The van der Waals surface area contributed by atoms with Crippen molar-refractivity contribution < 1.29 is 14.3 Å². The van der Waals surface area contributed by atoms with Crippen molar-refractivity contribution in [2.24, 2.45) is 7.05 Å². The maximum atomic E-state index is 12.0. The van der Waals surface area contributed by atoms with E-state index in [2.05, 4.69) is 36.0 Å². The first-order valence-electron chi connectivity index (χ1n) is 9.14. The van der Waals surface area contributed by atoms with Crippen LogP contribution >= 0.6 is 11.8 Å². The highest BCUT2D eigenvalue weighted by atomic mass is 32.2. The van der Waals surface area contributed by atoms with E-state index in [0.717, 1.165) is 5.75 Å². The Labute approximate surface area is 169 Å². The second kappa shape index (κ2) is 8.97. The number of aromatic nitrogens is 1. The molecule has 6 heteroatoms. The van der Waals surface area contributed by atoms with Crippen molar-refractivity contribution in [3.8, 4) is 5.75 Å². The van der Waals surface area contributed by atoms with Crippen LogP contribution in [-0.4, -0.2) is 35.2 Å². The molecule has 0 aliphatic rings. The Balaban J connectivity index is 1.45. The number of rotatable bonds is 8. The highest BCUT2D eigenvalue weighted by molar-refractivity contribution is 7.99. The Kier molecular flexibility index (Phi) is 6.41. The molecule has 0 aliphatic heterocycles. The molecule has 3 rings (SSSR count). The lowest BCUT2D eigenvalue weighted by atomic mass is 10.1. The molecule has 2 aromatic carbocycles. The van der Waals surface area contributed by atoms with Crippen molar-refractivity contribution in [1.29, 1.82) is 0 Å². The summed E-state index contributed by atoms with van der Waals surface area (Å²) in [6.45, 7) is 4.16. The SMILES string of the molecule is CC(=O)c1ccc(OCC(=O)NCCSc2c(C)n(C)c3ccccc23)cc1. The summed E-state index contributed by atoms with van der Waals surface area (Å²) in [7, 11) is 2.07. The van der Waals surface area contributed by atoms with Crippen LogP contribution in [0.25, 0.3) is 10.9 Å². The monoisotopic (exact) mass is 396 g/mol. The molecular formula is C22H24N2O3S. The molecule has 28 heavy (non-hydrogen) atoms. The lowest BCUT2D eigenvalue weighted by molar-refractivity contribution is -0.122. The molecule has 1 N–H and O–H groups in total. The fourth-order valence-corrected chi connectivity index (χ4v) is 4.08. The zero-order valence-electron chi connectivity index (χ0n) is 16.3. The highest BCUT2D eigenvalue weighted by Gasteiger charge is 2.11. The fourth-order valence-electron chi connectivity index (χ4n) is 3.00. The second-order valence-corrected chi connectivity index (χ2v) is 7.66. The summed E-state index contributed by atoms with van der Waals surface area (Å²) >= 11 is 1.75. The van der Waals surface area contributed by atoms with E-state index in [1.807, 2.05) is 12.1 Å². The maximum absolute atomic E-state index is 12.0. The van der Waals surface area contributed by atoms with Crippen molar-refractivity contribution in [3.63, 3.8) is 0 Å². The van der Waals surface area contributed by atoms with Crippen molar-refractivity contribution in [2.75, 3.05) is 18.9 Å². The van der Waals surface area contributed by atoms with Gasteiger partial charge in [-0.2, -0.15) is 0 Å². The number of nitrogens with one attached hydrogen (secondary N) is 1. The average Bonchev–Trinajstić information content (AvgIpc) is 2.95. The quantitative estimate of drug-likeness (QED) is 0.355. The standard InChI is InChI=1S/C22H24N2O3S/c1-15-22(19-6-4-5-7-20(19)24(15)3)28-13-12-23-21(26)14-27-18-10-8-17(9-11-18)16(2)25/h4-11H,12-14H2,1-3H3,(H,23,26). The minimum atomic E-state index is -0.161. The lowest BCUT2D eigenvalue weighted by Crippen LogP contribution is -2.30. The Hall–Kier alpha value is -2.73. The van der Waals surface area contributed by atoms with Gasteiger partial charge in [-0.05, 0) is 44.2 Å². The first kappa shape index (κ1) is 20.0. The van der Waals surface area contributed by atoms with Gasteiger partial charge in [0.15, 0.2) is 12.4 Å². The van der Waals surface area contributed by atoms with Gasteiger partial charge >= 0.3 is 0 Å². The Morgan fingerprint density at radius 1 is 1.11 bits per heavy atom. The van der Waals surface area contributed by atoms with Gasteiger partial charge in [-0.3, -0.25) is 9.59 Å². The van der Waals surface area contributed by atoms with Crippen LogP contribution < -0.4 is 10.1 Å². The number of aryl methyl sites for hydroxylation is 1. The first-order chi connectivity index (χ1) is 13.5. The number of Topliss-reactive ketones (excluding diaryl/α,β-unsaturated/α-hetero) is 1. The van der Waals surface area contributed by atoms with Crippen LogP contribution in [0.1, 0.15) is 23.0 Å². The van der Waals surface area contributed by atoms with Crippen LogP contribution in [0.2, 0.25) is 0 Å². The smallest absolute Gasteiger partial charge is 0.257 e. The normalized spacial score (nSPS) is 10.8. The molecule has 0 radical (unpaired) electrons. The number of ketones is 1. The van der Waals surface area contributed by atoms with E-state index in [1.165, 1.54) is 28.4 Å². The number of fused-ring (bicyclic) bond motifs is 1. The predicted octanol–water partition coefficient (Wildman–Crippen LogP) is 3.98. The molecule has 146 valence electrons. The number of carbonyl (C=O) groups excluding carboxylic acids is 2. The van der Waals surface area contributed by atoms with Crippen molar-refractivity contribution in [1.82, 2.24) is 9.88 Å². The molecule has 0 saturated carbocycles. The Bertz CT molecular complexity index is 993. The van der Waals surface area contributed by atoms with Gasteiger partial charge in [0.05, 0.1) is 0 Å². The zero-order chi connectivity index (χ0) is 20.1. The lowest BCUT2D eigenvalue weighted by Gasteiger charge is -2.08. The van der Waals surface area contributed by atoms with E-state index in [4.69, 9.17) is 4.74 Å². The molecule has 0 unspecified atom stereocenters. The van der Waals surface area contributed by atoms with E-state index in [0.29, 0.717) is 17.9 Å². The van der Waals surface area contributed by atoms with E-state index in [1.54, 1.807) is 36.0 Å². The summed E-state index contributed by atoms with van der Waals surface area (Å²) in [5.41, 5.74) is 3.07. The summed E-state index contributed by atoms with van der Waals surface area (Å²) in [6, 6.07) is 15.1. The molecule has 0 atom stereocenters. The first-order valence-corrected chi connectivity index (χ1v) is 10.1. The van der Waals surface area contributed by atoms with Crippen LogP contribution in [-0.2, 0) is 11.8 Å². The third-order valence-electron chi connectivity index (χ3n) is 4.64. The molecule has 1 heterocycles. The van der Waals surface area contributed by atoms with Gasteiger partial charge in [0.1, 0.15) is 5.75 Å². The van der Waals surface area contributed by atoms with Crippen LogP contribution in [0.3, 0.4) is 0 Å². The number of hydrogen-bond donors (Lipinski definition) is 1. The number of para-hydroxylation sites is 1. The summed E-state index contributed by atoms with van der Waals surface area (Å²) < 4.78 is 7.66. The average molecular weight is 397 g/mol. The molecule has 5 nitrogen and oxygen atoms in total. The van der Waals surface area contributed by atoms with Gasteiger partial charge in [0.25, 0.3) is 5.91 Å². The van der Waals surface area contributed by atoms with Crippen LogP contribution in [0.15, 0.2) is 53.4 Å². The van der Waals surface area contributed by atoms with E-state index < -0.39 is 0 Å². The van der Waals surface area contributed by atoms with Crippen LogP contribution in [0.5, 0.6) is 5.75 Å². The van der Waals surface area contributed by atoms with Gasteiger partial charge in [-0.25, -0.2) is 0 Å². The van der Waals surface area contributed by atoms with E-state index in [-0.39, 0.29) is 18.3 Å². The molecule has 0 aliphatic carbocycles. The highest BCUT2D eigenvalue weighted by Crippen LogP contribution is 2.32. The minimum absolute atomic E-state index is 0.00299. The zero-order valence-corrected chi connectivity index (χ0v) is 17.1. The number of thioether (sulfide) groups is 1. The topological polar surface area (TPSA) is 60.3 Å². The number of amides is 1. The number of benzene rings is 2. The van der Waals surface area contributed by atoms with Crippen molar-refractivity contribution in [2.45, 2.75) is 18.7 Å². The molecule has 0 fully saturated rings. The van der Waals surface area contributed by atoms with E-state index in [9.17, 15) is 9.59 Å². The summed E-state index contributed by atoms with van der Waals surface area (Å²) in [5, 5.41) is 4.13. The van der Waals surface area contributed by atoms with Crippen LogP contribution in [0, 0.1) is 6.92 Å². The molecular weight excluding hydrogens is 372 g/mol. The van der Waals surface area contributed by atoms with Crippen molar-refractivity contribution in [3.05, 3.63) is 59.8 Å². The summed E-state index contributed by atoms with van der Waals surface area (Å²) in [5.74, 6) is 1.20. The number of carbonyl (C=O) groups is 2. The number of hydrogen-bond acceptors (Lipinski definition) is 4. The minimum Gasteiger partial charge on any atom is -0.484 e. The second-order valence-electron chi connectivity index (χ2n) is 6.56. The van der Waals surface area contributed by atoms with E-state index >= 15 is 0 Å². The third kappa shape index (κ3) is 4.57. The van der Waals surface area contributed by atoms with Gasteiger partial charge < -0.3 is 14.6 Å². The molecule has 0 bridgehead atoms.